The molecule has 3 nitrogen and oxygen atoms in total. The van der Waals surface area contributed by atoms with E-state index in [2.05, 4.69) is 37.9 Å². The molecule has 0 aromatic carbocycles. The topological polar surface area (TPSA) is 28.2 Å². The Morgan fingerprint density at radius 3 is 2.67 bits per heavy atom. The quantitative estimate of drug-likeness (QED) is 0.650. The Morgan fingerprint density at radius 1 is 1.33 bits per heavy atom. The largest absolute Gasteiger partial charge is 0.348 e. The van der Waals surface area contributed by atoms with Gasteiger partial charge in [-0.1, -0.05) is 27.2 Å². The minimum atomic E-state index is 0.736. The van der Waals surface area contributed by atoms with Gasteiger partial charge in [-0.25, -0.2) is 4.98 Å². The average Bonchev–Trinajstić information content (AvgIpc) is 3.26. The molecule has 1 fully saturated rings. The van der Waals surface area contributed by atoms with Crippen LogP contribution in [0.4, 0.5) is 5.13 Å². The normalized spacial score (nSPS) is 16.2. The number of nitrogens with zero attached hydrogens (tertiary/aromatic N) is 2. The van der Waals surface area contributed by atoms with E-state index in [0.717, 1.165) is 38.0 Å². The molecule has 0 aliphatic heterocycles. The van der Waals surface area contributed by atoms with Gasteiger partial charge in [-0.2, -0.15) is 0 Å². The van der Waals surface area contributed by atoms with Crippen LogP contribution < -0.4 is 10.2 Å². The highest BCUT2D eigenvalue weighted by Gasteiger charge is 2.30. The van der Waals surface area contributed by atoms with Crippen LogP contribution in [0.3, 0.4) is 0 Å². The molecule has 21 heavy (non-hydrogen) atoms. The van der Waals surface area contributed by atoms with Crippen LogP contribution in [0, 0.1) is 5.92 Å². The first kappa shape index (κ1) is 16.8. The number of nitrogens with one attached hydrogen (secondary N) is 1. The molecule has 1 aliphatic carbocycles. The van der Waals surface area contributed by atoms with E-state index in [-0.39, 0.29) is 0 Å². The zero-order valence-electron chi connectivity index (χ0n) is 14.1. The molecule has 0 amide bonds. The van der Waals surface area contributed by atoms with E-state index in [0.29, 0.717) is 0 Å². The van der Waals surface area contributed by atoms with Gasteiger partial charge in [0.1, 0.15) is 0 Å². The fourth-order valence-electron chi connectivity index (χ4n) is 2.51. The van der Waals surface area contributed by atoms with Crippen molar-refractivity contribution in [3.63, 3.8) is 0 Å². The van der Waals surface area contributed by atoms with E-state index in [9.17, 15) is 0 Å². The Bertz CT molecular complexity index is 426. The standard InChI is InChI=1S/C17H31N3S/c1-5-10-18-11-15-16(14-8-9-14)19-17(21-15)20(7-3)12-13(4)6-2/h13-14,18H,5-12H2,1-4H3. The lowest BCUT2D eigenvalue weighted by atomic mass is 10.1. The van der Waals surface area contributed by atoms with Gasteiger partial charge < -0.3 is 10.2 Å². The van der Waals surface area contributed by atoms with Crippen LogP contribution in [0.15, 0.2) is 0 Å². The lowest BCUT2D eigenvalue weighted by molar-refractivity contribution is 0.547. The van der Waals surface area contributed by atoms with Crippen LogP contribution in [-0.4, -0.2) is 24.6 Å². The SMILES string of the molecule is CCCNCc1sc(N(CC)CC(C)CC)nc1C1CC1. The highest BCUT2D eigenvalue weighted by molar-refractivity contribution is 7.15. The van der Waals surface area contributed by atoms with Crippen molar-refractivity contribution in [2.45, 2.75) is 65.8 Å². The highest BCUT2D eigenvalue weighted by atomic mass is 32.1. The summed E-state index contributed by atoms with van der Waals surface area (Å²) >= 11 is 1.92. The van der Waals surface area contributed by atoms with Crippen LogP contribution in [0.5, 0.6) is 0 Å². The van der Waals surface area contributed by atoms with Crippen molar-refractivity contribution < 1.29 is 0 Å². The number of hydrogen-bond donors (Lipinski definition) is 1. The molecule has 1 aromatic heterocycles. The molecule has 1 N–H and O–H groups in total. The van der Waals surface area contributed by atoms with Gasteiger partial charge in [-0.15, -0.1) is 11.3 Å². The first-order valence-corrected chi connectivity index (χ1v) is 9.46. The van der Waals surface area contributed by atoms with Crippen LogP contribution in [0.1, 0.15) is 69.9 Å². The van der Waals surface area contributed by atoms with Crippen molar-refractivity contribution in [3.05, 3.63) is 10.6 Å². The van der Waals surface area contributed by atoms with E-state index in [4.69, 9.17) is 4.98 Å². The summed E-state index contributed by atoms with van der Waals surface area (Å²) in [6, 6.07) is 0. The second-order valence-corrected chi connectivity index (χ2v) is 7.37. The number of hydrogen-bond acceptors (Lipinski definition) is 4. The van der Waals surface area contributed by atoms with Crippen molar-refractivity contribution >= 4 is 16.5 Å². The third-order valence-electron chi connectivity index (χ3n) is 4.27. The summed E-state index contributed by atoms with van der Waals surface area (Å²) in [5.41, 5.74) is 1.39. The smallest absolute Gasteiger partial charge is 0.185 e. The molecule has 1 unspecified atom stereocenters. The minimum absolute atomic E-state index is 0.736. The van der Waals surface area contributed by atoms with Crippen molar-refractivity contribution in [3.8, 4) is 0 Å². The van der Waals surface area contributed by atoms with E-state index in [1.54, 1.807) is 0 Å². The maximum atomic E-state index is 5.01. The Balaban J connectivity index is 2.09. The van der Waals surface area contributed by atoms with Gasteiger partial charge >= 0.3 is 0 Å². The predicted octanol–water partition coefficient (Wildman–Crippen LogP) is 4.39. The maximum Gasteiger partial charge on any atom is 0.185 e. The van der Waals surface area contributed by atoms with Crippen LogP contribution in [0.25, 0.3) is 0 Å². The molecule has 1 aromatic rings. The maximum absolute atomic E-state index is 5.01. The van der Waals surface area contributed by atoms with Gasteiger partial charge in [0.15, 0.2) is 5.13 Å². The number of aromatic nitrogens is 1. The molecule has 4 heteroatoms. The van der Waals surface area contributed by atoms with Gasteiger partial charge in [0, 0.05) is 30.4 Å². The van der Waals surface area contributed by atoms with E-state index in [1.165, 1.54) is 41.4 Å². The van der Waals surface area contributed by atoms with Gasteiger partial charge in [0.05, 0.1) is 5.69 Å². The third kappa shape index (κ3) is 4.68. The lowest BCUT2D eigenvalue weighted by Crippen LogP contribution is -2.27. The number of thiazole rings is 1. The Hall–Kier alpha value is -0.610. The van der Waals surface area contributed by atoms with Crippen LogP contribution in [0.2, 0.25) is 0 Å². The monoisotopic (exact) mass is 309 g/mol. The van der Waals surface area contributed by atoms with Gasteiger partial charge in [-0.05, 0) is 38.6 Å². The zero-order valence-corrected chi connectivity index (χ0v) is 14.9. The molecular formula is C17H31N3S. The highest BCUT2D eigenvalue weighted by Crippen LogP contribution is 2.44. The average molecular weight is 310 g/mol. The molecule has 1 aliphatic rings. The van der Waals surface area contributed by atoms with E-state index >= 15 is 0 Å². The molecular weight excluding hydrogens is 278 g/mol. The van der Waals surface area contributed by atoms with Crippen LogP contribution in [-0.2, 0) is 6.54 Å². The summed E-state index contributed by atoms with van der Waals surface area (Å²) in [4.78, 5) is 8.96. The first-order valence-electron chi connectivity index (χ1n) is 8.64. The summed E-state index contributed by atoms with van der Waals surface area (Å²) in [5.74, 6) is 1.48. The third-order valence-corrected chi connectivity index (χ3v) is 5.41. The van der Waals surface area contributed by atoms with Crippen LogP contribution >= 0.6 is 11.3 Å². The molecule has 0 spiro atoms. The second-order valence-electron chi connectivity index (χ2n) is 6.31. The molecule has 1 atom stereocenters. The van der Waals surface area contributed by atoms with Crippen molar-refractivity contribution in [2.75, 3.05) is 24.5 Å². The summed E-state index contributed by atoms with van der Waals surface area (Å²) in [6.45, 7) is 13.4. The van der Waals surface area contributed by atoms with Gasteiger partial charge in [0.25, 0.3) is 0 Å². The molecule has 0 radical (unpaired) electrons. The molecule has 120 valence electrons. The Labute approximate surface area is 134 Å². The van der Waals surface area contributed by atoms with E-state index < -0.39 is 0 Å². The molecule has 1 heterocycles. The fourth-order valence-corrected chi connectivity index (χ4v) is 3.70. The van der Waals surface area contributed by atoms with Gasteiger partial charge in [-0.3, -0.25) is 0 Å². The number of anilines is 1. The summed E-state index contributed by atoms with van der Waals surface area (Å²) in [7, 11) is 0. The Morgan fingerprint density at radius 2 is 2.10 bits per heavy atom. The summed E-state index contributed by atoms with van der Waals surface area (Å²) < 4.78 is 0. The number of rotatable bonds is 10. The fraction of sp³-hybridized carbons (Fsp3) is 0.824. The minimum Gasteiger partial charge on any atom is -0.348 e. The van der Waals surface area contributed by atoms with E-state index in [1.807, 2.05) is 11.3 Å². The molecule has 1 saturated carbocycles. The molecule has 0 saturated heterocycles. The molecule has 0 bridgehead atoms. The lowest BCUT2D eigenvalue weighted by Gasteiger charge is -2.23. The molecule has 2 rings (SSSR count). The predicted molar refractivity (Wildman–Crippen MR) is 93.4 cm³/mol. The van der Waals surface area contributed by atoms with Crippen molar-refractivity contribution in [1.82, 2.24) is 10.3 Å². The van der Waals surface area contributed by atoms with Crippen molar-refractivity contribution in [1.29, 1.82) is 0 Å². The van der Waals surface area contributed by atoms with Gasteiger partial charge in [0.2, 0.25) is 0 Å². The second kappa shape index (κ2) is 8.14. The summed E-state index contributed by atoms with van der Waals surface area (Å²) in [6.07, 6.45) is 5.10. The Kier molecular flexibility index (Phi) is 6.49. The summed E-state index contributed by atoms with van der Waals surface area (Å²) in [5, 5.41) is 4.79. The van der Waals surface area contributed by atoms with Crippen molar-refractivity contribution in [2.24, 2.45) is 5.92 Å². The zero-order chi connectivity index (χ0) is 15.2. The first-order chi connectivity index (χ1) is 10.2.